The summed E-state index contributed by atoms with van der Waals surface area (Å²) in [6.07, 6.45) is 2.54. The number of benzene rings is 1. The molecular weight excluding hydrogens is 334 g/mol. The number of anilines is 2. The van der Waals surface area contributed by atoms with Crippen molar-refractivity contribution in [3.63, 3.8) is 0 Å². The van der Waals surface area contributed by atoms with Gasteiger partial charge in [-0.2, -0.15) is 0 Å². The summed E-state index contributed by atoms with van der Waals surface area (Å²) in [5, 5.41) is 7.62. The fourth-order valence-corrected chi connectivity index (χ4v) is 3.37. The van der Waals surface area contributed by atoms with E-state index in [1.54, 1.807) is 30.3 Å². The Hall–Kier alpha value is -2.18. The fraction of sp³-hybridized carbons (Fsp3) is 0.368. The van der Waals surface area contributed by atoms with Gasteiger partial charge < -0.3 is 10.6 Å². The normalized spacial score (nSPS) is 15.0. The van der Waals surface area contributed by atoms with Gasteiger partial charge in [0.2, 0.25) is 5.91 Å². The van der Waals surface area contributed by atoms with Gasteiger partial charge in [-0.1, -0.05) is 6.07 Å². The Morgan fingerprint density at radius 3 is 2.36 bits per heavy atom. The van der Waals surface area contributed by atoms with Crippen LogP contribution in [0.3, 0.4) is 0 Å². The molecule has 0 spiro atoms. The van der Waals surface area contributed by atoms with Gasteiger partial charge >= 0.3 is 0 Å². The summed E-state index contributed by atoms with van der Waals surface area (Å²) in [5.74, 6) is 0.594. The van der Waals surface area contributed by atoms with Gasteiger partial charge in [0.15, 0.2) is 0 Å². The van der Waals surface area contributed by atoms with E-state index in [-0.39, 0.29) is 11.8 Å². The van der Waals surface area contributed by atoms with Crippen molar-refractivity contribution in [2.75, 3.05) is 24.2 Å². The van der Waals surface area contributed by atoms with Gasteiger partial charge in [-0.25, -0.2) is 0 Å². The van der Waals surface area contributed by atoms with Crippen molar-refractivity contribution in [2.24, 2.45) is 5.92 Å². The first-order valence-corrected chi connectivity index (χ1v) is 9.36. The van der Waals surface area contributed by atoms with Crippen molar-refractivity contribution in [3.05, 3.63) is 46.7 Å². The number of carbonyl (C=O) groups is 2. The average Bonchev–Trinajstić information content (AvgIpc) is 3.29. The molecule has 1 aliphatic rings. The Kier molecular flexibility index (Phi) is 5.50. The smallest absolute Gasteiger partial charge is 0.265 e. The van der Waals surface area contributed by atoms with Gasteiger partial charge in [-0.05, 0) is 68.4 Å². The molecule has 1 fully saturated rings. The van der Waals surface area contributed by atoms with Crippen molar-refractivity contribution in [3.8, 4) is 0 Å². The highest BCUT2D eigenvalue weighted by molar-refractivity contribution is 7.12. The van der Waals surface area contributed by atoms with E-state index in [2.05, 4.69) is 22.5 Å². The molecule has 1 aromatic carbocycles. The van der Waals surface area contributed by atoms with E-state index in [1.165, 1.54) is 24.2 Å². The monoisotopic (exact) mass is 357 g/mol. The topological polar surface area (TPSA) is 61.4 Å². The van der Waals surface area contributed by atoms with Crippen LogP contribution < -0.4 is 10.6 Å². The Bertz CT molecular complexity index is 724. The zero-order valence-electron chi connectivity index (χ0n) is 14.5. The number of hydrogen-bond donors (Lipinski definition) is 2. The number of thiophene rings is 1. The zero-order valence-corrected chi connectivity index (χ0v) is 15.3. The molecule has 3 rings (SSSR count). The van der Waals surface area contributed by atoms with E-state index in [9.17, 15) is 9.59 Å². The summed E-state index contributed by atoms with van der Waals surface area (Å²) in [6.45, 7) is 2.56. The number of nitrogens with one attached hydrogen (secondary N) is 2. The lowest BCUT2D eigenvalue weighted by molar-refractivity contribution is -0.117. The highest BCUT2D eigenvalue weighted by atomic mass is 32.1. The Labute approximate surface area is 152 Å². The molecule has 6 heteroatoms. The summed E-state index contributed by atoms with van der Waals surface area (Å²) in [6, 6.07) is 11.3. The second kappa shape index (κ2) is 7.80. The van der Waals surface area contributed by atoms with Crippen molar-refractivity contribution >= 4 is 34.5 Å². The highest BCUT2D eigenvalue weighted by Gasteiger charge is 2.30. The van der Waals surface area contributed by atoms with Crippen LogP contribution in [0.25, 0.3) is 0 Å². The molecule has 0 aliphatic heterocycles. The molecule has 2 aromatic rings. The maximum Gasteiger partial charge on any atom is 0.265 e. The van der Waals surface area contributed by atoms with Crippen LogP contribution in [-0.2, 0) is 4.79 Å². The molecule has 1 aromatic heterocycles. The van der Waals surface area contributed by atoms with Crippen LogP contribution in [0.4, 0.5) is 11.4 Å². The summed E-state index contributed by atoms with van der Waals surface area (Å²) in [5.41, 5.74) is 1.43. The van der Waals surface area contributed by atoms with Crippen LogP contribution >= 0.6 is 11.3 Å². The minimum absolute atomic E-state index is 0.0228. The molecule has 5 nitrogen and oxygen atoms in total. The summed E-state index contributed by atoms with van der Waals surface area (Å²) in [7, 11) is 1.99. The van der Waals surface area contributed by atoms with E-state index in [0.717, 1.165) is 11.6 Å². The number of carbonyl (C=O) groups excluding carboxylic acids is 2. The van der Waals surface area contributed by atoms with E-state index < -0.39 is 0 Å². The van der Waals surface area contributed by atoms with Crippen LogP contribution in [0.5, 0.6) is 0 Å². The van der Waals surface area contributed by atoms with Crippen LogP contribution in [0.15, 0.2) is 41.8 Å². The van der Waals surface area contributed by atoms with Gasteiger partial charge in [-0.15, -0.1) is 11.3 Å². The third-order valence-electron chi connectivity index (χ3n) is 4.56. The molecule has 1 aliphatic carbocycles. The van der Waals surface area contributed by atoms with Gasteiger partial charge in [0.25, 0.3) is 5.91 Å². The largest absolute Gasteiger partial charge is 0.325 e. The first kappa shape index (κ1) is 17.6. The van der Waals surface area contributed by atoms with Gasteiger partial charge in [0.1, 0.15) is 0 Å². The number of amides is 2. The van der Waals surface area contributed by atoms with Crippen LogP contribution in [0.1, 0.15) is 29.4 Å². The third kappa shape index (κ3) is 4.90. The van der Waals surface area contributed by atoms with Crippen LogP contribution in [0, 0.1) is 5.92 Å². The highest BCUT2D eigenvalue weighted by Crippen LogP contribution is 2.34. The van der Waals surface area contributed by atoms with Gasteiger partial charge in [-0.3, -0.25) is 14.5 Å². The third-order valence-corrected chi connectivity index (χ3v) is 5.43. The fourth-order valence-electron chi connectivity index (χ4n) is 2.75. The van der Waals surface area contributed by atoms with E-state index in [4.69, 9.17) is 0 Å². The molecule has 132 valence electrons. The van der Waals surface area contributed by atoms with E-state index in [1.807, 2.05) is 18.5 Å². The van der Waals surface area contributed by atoms with Gasteiger partial charge in [0.05, 0.1) is 11.4 Å². The predicted molar refractivity (Wildman–Crippen MR) is 102 cm³/mol. The minimum atomic E-state index is -0.123. The SMILES string of the molecule is C[C@H](C1CC1)N(C)CC(=O)Nc1ccc(NC(=O)c2cccs2)cc1. The van der Waals surface area contributed by atoms with Crippen molar-refractivity contribution < 1.29 is 9.59 Å². The number of nitrogens with zero attached hydrogens (tertiary/aromatic N) is 1. The van der Waals surface area contributed by atoms with Crippen molar-refractivity contribution in [2.45, 2.75) is 25.8 Å². The van der Waals surface area contributed by atoms with E-state index in [0.29, 0.717) is 23.2 Å². The molecule has 25 heavy (non-hydrogen) atoms. The molecule has 0 unspecified atom stereocenters. The molecule has 2 N–H and O–H groups in total. The Morgan fingerprint density at radius 1 is 1.16 bits per heavy atom. The number of likely N-dealkylation sites (N-methyl/N-ethyl adjacent to an activating group) is 1. The van der Waals surface area contributed by atoms with Crippen molar-refractivity contribution in [1.29, 1.82) is 0 Å². The molecule has 0 saturated heterocycles. The lowest BCUT2D eigenvalue weighted by atomic mass is 10.2. The zero-order chi connectivity index (χ0) is 17.8. The predicted octanol–water partition coefficient (Wildman–Crippen LogP) is 3.67. The van der Waals surface area contributed by atoms with E-state index >= 15 is 0 Å². The quantitative estimate of drug-likeness (QED) is 0.795. The summed E-state index contributed by atoms with van der Waals surface area (Å²) in [4.78, 5) is 26.9. The maximum absolute atomic E-state index is 12.2. The second-order valence-electron chi connectivity index (χ2n) is 6.55. The molecule has 2 amide bonds. The lowest BCUT2D eigenvalue weighted by Crippen LogP contribution is -2.37. The molecule has 0 bridgehead atoms. The van der Waals surface area contributed by atoms with Crippen molar-refractivity contribution in [1.82, 2.24) is 4.90 Å². The molecule has 0 radical (unpaired) electrons. The maximum atomic E-state index is 12.2. The molecule has 1 atom stereocenters. The Morgan fingerprint density at radius 2 is 1.80 bits per heavy atom. The number of rotatable bonds is 7. The van der Waals surface area contributed by atoms with Crippen LogP contribution in [0.2, 0.25) is 0 Å². The molecule has 1 saturated carbocycles. The molecular formula is C19H23N3O2S. The average molecular weight is 357 g/mol. The first-order chi connectivity index (χ1) is 12.0. The first-order valence-electron chi connectivity index (χ1n) is 8.48. The second-order valence-corrected chi connectivity index (χ2v) is 7.50. The minimum Gasteiger partial charge on any atom is -0.325 e. The number of hydrogen-bond acceptors (Lipinski definition) is 4. The Balaban J connectivity index is 1.50. The standard InChI is InChI=1S/C19H23N3O2S/c1-13(14-5-6-14)22(2)12-18(23)20-15-7-9-16(10-8-15)21-19(24)17-4-3-11-25-17/h3-4,7-11,13-14H,5-6,12H2,1-2H3,(H,20,23)(H,21,24)/t13-/m1/s1. The lowest BCUT2D eigenvalue weighted by Gasteiger charge is -2.23. The summed E-state index contributed by atoms with van der Waals surface area (Å²) >= 11 is 1.40. The molecule has 1 heterocycles. The summed E-state index contributed by atoms with van der Waals surface area (Å²) < 4.78 is 0. The van der Waals surface area contributed by atoms with Gasteiger partial charge in [0, 0.05) is 17.4 Å². The van der Waals surface area contributed by atoms with Crippen LogP contribution in [-0.4, -0.2) is 36.3 Å².